The predicted octanol–water partition coefficient (Wildman–Crippen LogP) is 3.23. The summed E-state index contributed by atoms with van der Waals surface area (Å²) < 4.78 is 4.96. The van der Waals surface area contributed by atoms with E-state index in [4.69, 9.17) is 4.74 Å². The molecule has 3 heteroatoms. The molecular weight excluding hydrogens is 226 g/mol. The second kappa shape index (κ2) is 8.52. The summed E-state index contributed by atoms with van der Waals surface area (Å²) in [5, 5.41) is 0. The van der Waals surface area contributed by atoms with Gasteiger partial charge in [-0.05, 0) is 38.3 Å². The molecule has 1 unspecified atom stereocenters. The third-order valence-corrected chi connectivity index (χ3v) is 4.09. The number of likely N-dealkylation sites (tertiary alicyclic amines) is 1. The molecule has 0 bridgehead atoms. The van der Waals surface area contributed by atoms with Crippen LogP contribution in [0.2, 0.25) is 0 Å². The van der Waals surface area contributed by atoms with Crippen LogP contribution in [0, 0.1) is 5.92 Å². The van der Waals surface area contributed by atoms with Gasteiger partial charge in [-0.2, -0.15) is 0 Å². The summed E-state index contributed by atoms with van der Waals surface area (Å²) in [6, 6.07) is -0.00229. The highest BCUT2D eigenvalue weighted by Crippen LogP contribution is 2.24. The second-order valence-corrected chi connectivity index (χ2v) is 5.45. The Morgan fingerprint density at radius 1 is 1.28 bits per heavy atom. The van der Waals surface area contributed by atoms with Crippen LogP contribution < -0.4 is 0 Å². The van der Waals surface area contributed by atoms with Crippen LogP contribution in [-0.2, 0) is 9.53 Å². The van der Waals surface area contributed by atoms with Gasteiger partial charge in [0, 0.05) is 0 Å². The van der Waals surface area contributed by atoms with Crippen molar-refractivity contribution in [2.24, 2.45) is 5.92 Å². The van der Waals surface area contributed by atoms with Crippen molar-refractivity contribution in [2.45, 2.75) is 64.8 Å². The fraction of sp³-hybridized carbons (Fsp3) is 0.933. The van der Waals surface area contributed by atoms with E-state index in [1.54, 1.807) is 0 Å². The molecule has 0 N–H and O–H groups in total. The van der Waals surface area contributed by atoms with Crippen molar-refractivity contribution in [3.8, 4) is 0 Å². The molecule has 3 nitrogen and oxygen atoms in total. The third-order valence-electron chi connectivity index (χ3n) is 4.09. The molecule has 1 atom stereocenters. The lowest BCUT2D eigenvalue weighted by Gasteiger charge is -2.36. The first-order valence-electron chi connectivity index (χ1n) is 7.54. The molecule has 0 aromatic heterocycles. The van der Waals surface area contributed by atoms with E-state index in [1.165, 1.54) is 32.8 Å². The zero-order valence-electron chi connectivity index (χ0n) is 12.3. The smallest absolute Gasteiger partial charge is 0.323 e. The molecule has 0 aliphatic carbocycles. The van der Waals surface area contributed by atoms with Gasteiger partial charge >= 0.3 is 5.97 Å². The van der Waals surface area contributed by atoms with E-state index in [9.17, 15) is 4.79 Å². The van der Waals surface area contributed by atoms with Gasteiger partial charge in [-0.25, -0.2) is 0 Å². The Morgan fingerprint density at radius 2 is 1.94 bits per heavy atom. The minimum atomic E-state index is -0.0441. The van der Waals surface area contributed by atoms with Gasteiger partial charge < -0.3 is 4.74 Å². The minimum Gasteiger partial charge on any atom is -0.468 e. The summed E-state index contributed by atoms with van der Waals surface area (Å²) in [7, 11) is 1.51. The normalized spacial score (nSPS) is 19.7. The van der Waals surface area contributed by atoms with E-state index in [2.05, 4.69) is 18.7 Å². The molecule has 18 heavy (non-hydrogen) atoms. The fourth-order valence-corrected chi connectivity index (χ4v) is 2.94. The molecule has 0 aromatic rings. The number of esters is 1. The molecule has 0 spiro atoms. The molecule has 106 valence electrons. The Hall–Kier alpha value is -0.570. The Kier molecular flexibility index (Phi) is 7.33. The summed E-state index contributed by atoms with van der Waals surface area (Å²) in [6.07, 6.45) is 8.30. The largest absolute Gasteiger partial charge is 0.468 e. The zero-order valence-corrected chi connectivity index (χ0v) is 12.3. The van der Waals surface area contributed by atoms with Gasteiger partial charge in [-0.3, -0.25) is 9.69 Å². The number of nitrogens with zero attached hydrogens (tertiary/aromatic N) is 1. The SMILES string of the molecule is CCCCC(C(=O)OC)N1CCC(CCC)CC1. The van der Waals surface area contributed by atoms with Crippen LogP contribution >= 0.6 is 0 Å². The van der Waals surface area contributed by atoms with E-state index in [0.717, 1.165) is 38.3 Å². The number of piperidine rings is 1. The monoisotopic (exact) mass is 255 g/mol. The molecule has 0 aromatic carbocycles. The van der Waals surface area contributed by atoms with E-state index < -0.39 is 0 Å². The van der Waals surface area contributed by atoms with Crippen LogP contribution in [0.5, 0.6) is 0 Å². The van der Waals surface area contributed by atoms with Crippen LogP contribution in [0.1, 0.15) is 58.8 Å². The van der Waals surface area contributed by atoms with E-state index in [-0.39, 0.29) is 12.0 Å². The number of ether oxygens (including phenoxy) is 1. The number of unbranched alkanes of at least 4 members (excludes halogenated alkanes) is 1. The maximum absolute atomic E-state index is 11.9. The van der Waals surface area contributed by atoms with Crippen LogP contribution in [0.3, 0.4) is 0 Å². The molecule has 1 rings (SSSR count). The first-order valence-corrected chi connectivity index (χ1v) is 7.54. The van der Waals surface area contributed by atoms with Crippen molar-refractivity contribution < 1.29 is 9.53 Å². The molecule has 1 fully saturated rings. The summed E-state index contributed by atoms with van der Waals surface area (Å²) in [5.41, 5.74) is 0. The number of rotatable bonds is 7. The molecular formula is C15H29NO2. The van der Waals surface area contributed by atoms with Crippen molar-refractivity contribution in [3.63, 3.8) is 0 Å². The second-order valence-electron chi connectivity index (χ2n) is 5.45. The topological polar surface area (TPSA) is 29.5 Å². The van der Waals surface area contributed by atoms with Gasteiger partial charge in [0.1, 0.15) is 6.04 Å². The lowest BCUT2D eigenvalue weighted by atomic mass is 9.91. The number of carbonyl (C=O) groups is 1. The lowest BCUT2D eigenvalue weighted by molar-refractivity contribution is -0.148. The Labute approximate surface area is 112 Å². The Balaban J connectivity index is 2.46. The van der Waals surface area contributed by atoms with Crippen LogP contribution in [0.25, 0.3) is 0 Å². The number of methoxy groups -OCH3 is 1. The first kappa shape index (κ1) is 15.5. The number of carbonyl (C=O) groups excluding carboxylic acids is 1. The van der Waals surface area contributed by atoms with Crippen molar-refractivity contribution in [1.29, 1.82) is 0 Å². The van der Waals surface area contributed by atoms with Crippen LogP contribution in [0.15, 0.2) is 0 Å². The Bertz CT molecular complexity index is 235. The first-order chi connectivity index (χ1) is 8.72. The highest BCUT2D eigenvalue weighted by Gasteiger charge is 2.29. The van der Waals surface area contributed by atoms with E-state index in [0.29, 0.717) is 0 Å². The standard InChI is InChI=1S/C15H29NO2/c1-4-6-8-14(15(17)18-3)16-11-9-13(7-5-2)10-12-16/h13-14H,4-12H2,1-3H3. The molecule has 0 saturated carbocycles. The van der Waals surface area contributed by atoms with Gasteiger partial charge in [-0.1, -0.05) is 39.5 Å². The van der Waals surface area contributed by atoms with Crippen LogP contribution in [-0.4, -0.2) is 37.1 Å². The van der Waals surface area contributed by atoms with Crippen LogP contribution in [0.4, 0.5) is 0 Å². The predicted molar refractivity (Wildman–Crippen MR) is 74.5 cm³/mol. The molecule has 0 radical (unpaired) electrons. The third kappa shape index (κ3) is 4.60. The van der Waals surface area contributed by atoms with Crippen molar-refractivity contribution in [3.05, 3.63) is 0 Å². The number of hydrogen-bond donors (Lipinski definition) is 0. The van der Waals surface area contributed by atoms with E-state index >= 15 is 0 Å². The summed E-state index contributed by atoms with van der Waals surface area (Å²) in [5.74, 6) is 0.827. The summed E-state index contributed by atoms with van der Waals surface area (Å²) in [6.45, 7) is 6.55. The molecule has 1 saturated heterocycles. The van der Waals surface area contributed by atoms with E-state index in [1.807, 2.05) is 0 Å². The van der Waals surface area contributed by atoms with Gasteiger partial charge in [0.05, 0.1) is 7.11 Å². The Morgan fingerprint density at radius 3 is 2.44 bits per heavy atom. The lowest BCUT2D eigenvalue weighted by Crippen LogP contribution is -2.46. The summed E-state index contributed by atoms with van der Waals surface area (Å²) >= 11 is 0. The van der Waals surface area contributed by atoms with Gasteiger partial charge in [0.15, 0.2) is 0 Å². The molecule has 1 aliphatic heterocycles. The molecule has 1 aliphatic rings. The maximum atomic E-state index is 11.9. The summed E-state index contributed by atoms with van der Waals surface area (Å²) in [4.78, 5) is 14.2. The quantitative estimate of drug-likeness (QED) is 0.654. The van der Waals surface area contributed by atoms with Crippen molar-refractivity contribution in [2.75, 3.05) is 20.2 Å². The highest BCUT2D eigenvalue weighted by molar-refractivity contribution is 5.75. The average molecular weight is 255 g/mol. The van der Waals surface area contributed by atoms with Gasteiger partial charge in [0.2, 0.25) is 0 Å². The maximum Gasteiger partial charge on any atom is 0.323 e. The fourth-order valence-electron chi connectivity index (χ4n) is 2.94. The minimum absolute atomic E-state index is 0.00229. The molecule has 0 amide bonds. The zero-order chi connectivity index (χ0) is 13.4. The van der Waals surface area contributed by atoms with Crippen molar-refractivity contribution in [1.82, 2.24) is 4.90 Å². The highest BCUT2D eigenvalue weighted by atomic mass is 16.5. The van der Waals surface area contributed by atoms with Gasteiger partial charge in [0.25, 0.3) is 0 Å². The van der Waals surface area contributed by atoms with Gasteiger partial charge in [-0.15, -0.1) is 0 Å². The average Bonchev–Trinajstić information content (AvgIpc) is 2.41. The number of hydrogen-bond acceptors (Lipinski definition) is 3. The van der Waals surface area contributed by atoms with Crippen molar-refractivity contribution >= 4 is 5.97 Å². The molecule has 1 heterocycles.